The van der Waals surface area contributed by atoms with Crippen LogP contribution in [0.25, 0.3) is 0 Å². The summed E-state index contributed by atoms with van der Waals surface area (Å²) in [7, 11) is 2.17. The van der Waals surface area contributed by atoms with Crippen molar-refractivity contribution in [3.63, 3.8) is 0 Å². The Labute approximate surface area is 110 Å². The Hall–Kier alpha value is -1.22. The summed E-state index contributed by atoms with van der Waals surface area (Å²) in [6.45, 7) is 4.74. The number of nitrogens with zero attached hydrogens (tertiary/aromatic N) is 2. The number of hydrogen-bond donors (Lipinski definition) is 1. The van der Waals surface area contributed by atoms with Gasteiger partial charge in [0.2, 0.25) is 0 Å². The molecule has 1 unspecified atom stereocenters. The lowest BCUT2D eigenvalue weighted by Crippen LogP contribution is -2.33. The number of aliphatic hydroxyl groups is 1. The molecule has 1 aromatic carbocycles. The van der Waals surface area contributed by atoms with E-state index in [1.807, 2.05) is 0 Å². The monoisotopic (exact) mass is 248 g/mol. The first-order valence-corrected chi connectivity index (χ1v) is 6.91. The molecule has 1 aromatic rings. The van der Waals surface area contributed by atoms with Crippen LogP contribution in [0.5, 0.6) is 0 Å². The van der Waals surface area contributed by atoms with Crippen molar-refractivity contribution < 1.29 is 5.11 Å². The molecule has 0 bridgehead atoms. The Kier molecular flexibility index (Phi) is 4.48. The number of unbranched alkanes of at least 4 members (excludes halogenated alkanes) is 1. The van der Waals surface area contributed by atoms with Crippen molar-refractivity contribution in [2.45, 2.75) is 32.2 Å². The van der Waals surface area contributed by atoms with E-state index >= 15 is 0 Å². The second kappa shape index (κ2) is 6.10. The number of aliphatic hydroxyl groups excluding tert-OH is 1. The topological polar surface area (TPSA) is 26.7 Å². The summed E-state index contributed by atoms with van der Waals surface area (Å²) in [6, 6.07) is 9.20. The minimum absolute atomic E-state index is 0.295. The van der Waals surface area contributed by atoms with Crippen molar-refractivity contribution in [2.75, 3.05) is 36.5 Å². The molecule has 0 saturated carbocycles. The third-order valence-electron chi connectivity index (χ3n) is 3.82. The van der Waals surface area contributed by atoms with E-state index in [9.17, 15) is 0 Å². The van der Waals surface area contributed by atoms with Crippen LogP contribution in [0.1, 0.15) is 26.2 Å². The molecule has 2 rings (SSSR count). The average molecular weight is 248 g/mol. The molecule has 0 spiro atoms. The maximum Gasteiger partial charge on any atom is 0.0606 e. The van der Waals surface area contributed by atoms with Crippen molar-refractivity contribution in [2.24, 2.45) is 0 Å². The molecule has 1 heterocycles. The van der Waals surface area contributed by atoms with Crippen LogP contribution in [-0.4, -0.2) is 37.9 Å². The number of fused-ring (bicyclic) bond motifs is 1. The lowest BCUT2D eigenvalue weighted by molar-refractivity contribution is 0.284. The van der Waals surface area contributed by atoms with Crippen LogP contribution >= 0.6 is 0 Å². The molecule has 3 nitrogen and oxygen atoms in total. The lowest BCUT2D eigenvalue weighted by Gasteiger charge is -2.30. The van der Waals surface area contributed by atoms with Gasteiger partial charge in [0.15, 0.2) is 0 Å². The van der Waals surface area contributed by atoms with E-state index in [-0.39, 0.29) is 0 Å². The van der Waals surface area contributed by atoms with Gasteiger partial charge in [0, 0.05) is 32.8 Å². The third kappa shape index (κ3) is 2.78. The molecular weight excluding hydrogens is 224 g/mol. The zero-order chi connectivity index (χ0) is 13.0. The van der Waals surface area contributed by atoms with Crippen LogP contribution in [0.3, 0.4) is 0 Å². The fourth-order valence-corrected chi connectivity index (χ4v) is 2.66. The first-order valence-electron chi connectivity index (χ1n) is 6.91. The second-order valence-corrected chi connectivity index (χ2v) is 5.17. The van der Waals surface area contributed by atoms with Gasteiger partial charge >= 0.3 is 0 Å². The molecule has 1 aliphatic heterocycles. The minimum Gasteiger partial charge on any atom is -0.396 e. The Morgan fingerprint density at radius 3 is 2.67 bits per heavy atom. The summed E-state index contributed by atoms with van der Waals surface area (Å²) < 4.78 is 0. The largest absolute Gasteiger partial charge is 0.396 e. The van der Waals surface area contributed by atoms with Crippen LogP contribution < -0.4 is 9.80 Å². The molecule has 1 aliphatic rings. The Morgan fingerprint density at radius 1 is 1.22 bits per heavy atom. The molecule has 0 aromatic heterocycles. The van der Waals surface area contributed by atoms with Gasteiger partial charge in [0.1, 0.15) is 0 Å². The van der Waals surface area contributed by atoms with E-state index in [4.69, 9.17) is 5.11 Å². The molecule has 1 N–H and O–H groups in total. The van der Waals surface area contributed by atoms with E-state index in [1.165, 1.54) is 17.8 Å². The Morgan fingerprint density at radius 2 is 1.94 bits per heavy atom. The SMILES string of the molecule is CC1CCN(C)c2ccccc2N1CCCCO. The fourth-order valence-electron chi connectivity index (χ4n) is 2.66. The highest BCUT2D eigenvalue weighted by molar-refractivity contribution is 5.72. The van der Waals surface area contributed by atoms with Gasteiger partial charge in [-0.1, -0.05) is 12.1 Å². The predicted molar refractivity (Wildman–Crippen MR) is 77.5 cm³/mol. The quantitative estimate of drug-likeness (QED) is 0.829. The van der Waals surface area contributed by atoms with Crippen molar-refractivity contribution in [3.8, 4) is 0 Å². The number of para-hydroxylation sites is 2. The van der Waals surface area contributed by atoms with Gasteiger partial charge in [-0.25, -0.2) is 0 Å². The van der Waals surface area contributed by atoms with Crippen LogP contribution in [0.4, 0.5) is 11.4 Å². The zero-order valence-corrected chi connectivity index (χ0v) is 11.5. The van der Waals surface area contributed by atoms with E-state index in [2.05, 4.69) is 48.0 Å². The van der Waals surface area contributed by atoms with E-state index in [0.717, 1.165) is 25.9 Å². The minimum atomic E-state index is 0.295. The normalized spacial score (nSPS) is 19.6. The molecule has 0 amide bonds. The van der Waals surface area contributed by atoms with Crippen molar-refractivity contribution in [3.05, 3.63) is 24.3 Å². The second-order valence-electron chi connectivity index (χ2n) is 5.17. The van der Waals surface area contributed by atoms with Crippen molar-refractivity contribution in [1.29, 1.82) is 0 Å². The van der Waals surface area contributed by atoms with Crippen LogP contribution in [0.2, 0.25) is 0 Å². The Balaban J connectivity index is 2.22. The van der Waals surface area contributed by atoms with E-state index in [0.29, 0.717) is 12.6 Å². The maximum atomic E-state index is 8.93. The van der Waals surface area contributed by atoms with Gasteiger partial charge in [-0.2, -0.15) is 0 Å². The van der Waals surface area contributed by atoms with Gasteiger partial charge in [-0.15, -0.1) is 0 Å². The first kappa shape index (κ1) is 13.2. The van der Waals surface area contributed by atoms with Gasteiger partial charge in [0.25, 0.3) is 0 Å². The van der Waals surface area contributed by atoms with Gasteiger partial charge in [0.05, 0.1) is 11.4 Å². The van der Waals surface area contributed by atoms with Gasteiger partial charge < -0.3 is 14.9 Å². The maximum absolute atomic E-state index is 8.93. The molecule has 0 aliphatic carbocycles. The van der Waals surface area contributed by atoms with Crippen LogP contribution in [0.15, 0.2) is 24.3 Å². The van der Waals surface area contributed by atoms with E-state index in [1.54, 1.807) is 0 Å². The molecule has 18 heavy (non-hydrogen) atoms. The molecule has 0 radical (unpaired) electrons. The summed E-state index contributed by atoms with van der Waals surface area (Å²) in [5, 5.41) is 8.93. The van der Waals surface area contributed by atoms with Crippen molar-refractivity contribution >= 4 is 11.4 Å². The molecular formula is C15H24N2O. The highest BCUT2D eigenvalue weighted by Gasteiger charge is 2.22. The van der Waals surface area contributed by atoms with Crippen molar-refractivity contribution in [1.82, 2.24) is 0 Å². The van der Waals surface area contributed by atoms with Gasteiger partial charge in [-0.05, 0) is 38.3 Å². The number of rotatable bonds is 4. The number of hydrogen-bond acceptors (Lipinski definition) is 3. The fraction of sp³-hybridized carbons (Fsp3) is 0.600. The summed E-state index contributed by atoms with van der Waals surface area (Å²) in [5.41, 5.74) is 2.66. The summed E-state index contributed by atoms with van der Waals surface area (Å²) in [4.78, 5) is 4.84. The molecule has 3 heteroatoms. The van der Waals surface area contributed by atoms with Crippen LogP contribution in [-0.2, 0) is 0 Å². The highest BCUT2D eigenvalue weighted by atomic mass is 16.2. The highest BCUT2D eigenvalue weighted by Crippen LogP contribution is 2.33. The lowest BCUT2D eigenvalue weighted by atomic mass is 10.1. The summed E-state index contributed by atoms with van der Waals surface area (Å²) in [6.07, 6.45) is 3.13. The molecule has 1 atom stereocenters. The predicted octanol–water partition coefficient (Wildman–Crippen LogP) is 2.49. The summed E-state index contributed by atoms with van der Waals surface area (Å²) in [5.74, 6) is 0. The van der Waals surface area contributed by atoms with Crippen LogP contribution in [0, 0.1) is 0 Å². The molecule has 100 valence electrons. The average Bonchev–Trinajstić information content (AvgIpc) is 2.51. The standard InChI is InChI=1S/C15H24N2O/c1-13-9-11-16(2)14-7-3-4-8-15(14)17(13)10-5-6-12-18/h3-4,7-8,13,18H,5-6,9-12H2,1-2H3. The number of benzene rings is 1. The Bertz CT molecular complexity index is 381. The first-order chi connectivity index (χ1) is 8.74. The molecule has 0 fully saturated rings. The number of anilines is 2. The third-order valence-corrected chi connectivity index (χ3v) is 3.82. The molecule has 0 saturated heterocycles. The van der Waals surface area contributed by atoms with E-state index < -0.39 is 0 Å². The smallest absolute Gasteiger partial charge is 0.0606 e. The van der Waals surface area contributed by atoms with Gasteiger partial charge in [-0.3, -0.25) is 0 Å². The zero-order valence-electron chi connectivity index (χ0n) is 11.5. The summed E-state index contributed by atoms with van der Waals surface area (Å²) >= 11 is 0.